The number of carbonyl (C=O) groups is 2. The Balaban J connectivity index is 2.38. The maximum atomic E-state index is 11.3. The van der Waals surface area contributed by atoms with E-state index in [1.807, 2.05) is 12.1 Å². The fourth-order valence-corrected chi connectivity index (χ4v) is 2.65. The second kappa shape index (κ2) is 3.95. The molecule has 0 radical (unpaired) electrons. The molecule has 0 unspecified atom stereocenters. The van der Waals surface area contributed by atoms with Gasteiger partial charge in [-0.2, -0.15) is 0 Å². The van der Waals surface area contributed by atoms with Gasteiger partial charge >= 0.3 is 11.9 Å². The minimum absolute atomic E-state index is 0.157. The first-order valence-corrected chi connectivity index (χ1v) is 5.80. The van der Waals surface area contributed by atoms with Crippen molar-refractivity contribution in [3.8, 4) is 11.1 Å². The van der Waals surface area contributed by atoms with Gasteiger partial charge in [0.2, 0.25) is 0 Å². The Morgan fingerprint density at radius 2 is 1.21 bits per heavy atom. The van der Waals surface area contributed by atoms with Crippen LogP contribution in [0.25, 0.3) is 11.1 Å². The molecule has 0 saturated heterocycles. The number of hydrogen-bond acceptors (Lipinski definition) is 2. The fourth-order valence-electron chi connectivity index (χ4n) is 2.65. The Kier molecular flexibility index (Phi) is 2.38. The molecule has 4 nitrogen and oxygen atoms in total. The molecule has 19 heavy (non-hydrogen) atoms. The first kappa shape index (κ1) is 11.5. The van der Waals surface area contributed by atoms with Crippen LogP contribution in [0, 0.1) is 0 Å². The SMILES string of the molecule is O=C(O)c1cccc2c1-c1c(cccc1C(=O)O)C2. The predicted octanol–water partition coefficient (Wildman–Crippen LogP) is 2.65. The number of hydrogen-bond donors (Lipinski definition) is 2. The maximum absolute atomic E-state index is 11.3. The van der Waals surface area contributed by atoms with Crippen molar-refractivity contribution < 1.29 is 19.8 Å². The highest BCUT2D eigenvalue weighted by atomic mass is 16.4. The van der Waals surface area contributed by atoms with Crippen LogP contribution >= 0.6 is 0 Å². The highest BCUT2D eigenvalue weighted by Crippen LogP contribution is 2.41. The molecule has 94 valence electrons. The van der Waals surface area contributed by atoms with Crippen molar-refractivity contribution >= 4 is 11.9 Å². The number of benzene rings is 2. The van der Waals surface area contributed by atoms with Crippen LogP contribution < -0.4 is 0 Å². The molecule has 2 aromatic carbocycles. The lowest BCUT2D eigenvalue weighted by Crippen LogP contribution is -2.03. The summed E-state index contributed by atoms with van der Waals surface area (Å²) in [4.78, 5) is 22.6. The van der Waals surface area contributed by atoms with Crippen LogP contribution in [0.5, 0.6) is 0 Å². The van der Waals surface area contributed by atoms with Crippen molar-refractivity contribution in [3.63, 3.8) is 0 Å². The molecule has 4 heteroatoms. The number of fused-ring (bicyclic) bond motifs is 3. The zero-order chi connectivity index (χ0) is 13.6. The Bertz CT molecular complexity index is 655. The second-order valence-corrected chi connectivity index (χ2v) is 4.47. The van der Waals surface area contributed by atoms with E-state index in [2.05, 4.69) is 0 Å². The predicted molar refractivity (Wildman–Crippen MR) is 68.6 cm³/mol. The van der Waals surface area contributed by atoms with Gasteiger partial charge < -0.3 is 10.2 Å². The van der Waals surface area contributed by atoms with E-state index in [1.54, 1.807) is 12.1 Å². The minimum Gasteiger partial charge on any atom is -0.478 e. The van der Waals surface area contributed by atoms with Crippen LogP contribution in [0.15, 0.2) is 36.4 Å². The molecule has 0 aliphatic heterocycles. The van der Waals surface area contributed by atoms with Gasteiger partial charge in [0.05, 0.1) is 11.1 Å². The topological polar surface area (TPSA) is 74.6 Å². The van der Waals surface area contributed by atoms with Gasteiger partial charge in [-0.3, -0.25) is 0 Å². The van der Waals surface area contributed by atoms with Crippen LogP contribution in [-0.2, 0) is 6.42 Å². The molecular weight excluding hydrogens is 244 g/mol. The van der Waals surface area contributed by atoms with Crippen LogP contribution in [-0.4, -0.2) is 22.2 Å². The zero-order valence-electron chi connectivity index (χ0n) is 9.88. The highest BCUT2D eigenvalue weighted by molar-refractivity contribution is 6.05. The first-order valence-electron chi connectivity index (χ1n) is 5.80. The van der Waals surface area contributed by atoms with Crippen molar-refractivity contribution in [2.24, 2.45) is 0 Å². The van der Waals surface area contributed by atoms with E-state index >= 15 is 0 Å². The molecule has 3 rings (SSSR count). The number of carboxylic acids is 2. The van der Waals surface area contributed by atoms with Crippen molar-refractivity contribution in [2.75, 3.05) is 0 Å². The molecular formula is C15H10O4. The molecule has 0 amide bonds. The summed E-state index contributed by atoms with van der Waals surface area (Å²) in [6.45, 7) is 0. The van der Waals surface area contributed by atoms with E-state index in [0.29, 0.717) is 17.5 Å². The van der Waals surface area contributed by atoms with E-state index in [0.717, 1.165) is 11.1 Å². The van der Waals surface area contributed by atoms with Gasteiger partial charge in [-0.1, -0.05) is 24.3 Å². The summed E-state index contributed by atoms with van der Waals surface area (Å²) in [6, 6.07) is 10.1. The zero-order valence-corrected chi connectivity index (χ0v) is 9.88. The van der Waals surface area contributed by atoms with E-state index in [4.69, 9.17) is 0 Å². The summed E-state index contributed by atoms with van der Waals surface area (Å²) >= 11 is 0. The average Bonchev–Trinajstić information content (AvgIpc) is 2.76. The molecule has 2 aromatic rings. The Labute approximate surface area is 108 Å². The van der Waals surface area contributed by atoms with Crippen molar-refractivity contribution in [1.29, 1.82) is 0 Å². The summed E-state index contributed by atoms with van der Waals surface area (Å²) in [5.41, 5.74) is 3.13. The van der Waals surface area contributed by atoms with Gasteiger partial charge in [0.25, 0.3) is 0 Å². The number of carboxylic acid groups (broad SMARTS) is 2. The van der Waals surface area contributed by atoms with Crippen molar-refractivity contribution in [1.82, 2.24) is 0 Å². The fraction of sp³-hybridized carbons (Fsp3) is 0.0667. The molecule has 0 saturated carbocycles. The minimum atomic E-state index is -1.04. The van der Waals surface area contributed by atoms with Gasteiger partial charge in [-0.25, -0.2) is 9.59 Å². The van der Waals surface area contributed by atoms with Gasteiger partial charge in [0.1, 0.15) is 0 Å². The lowest BCUT2D eigenvalue weighted by atomic mass is 9.95. The van der Waals surface area contributed by atoms with Crippen LogP contribution in [0.1, 0.15) is 31.8 Å². The number of rotatable bonds is 2. The molecule has 0 atom stereocenters. The maximum Gasteiger partial charge on any atom is 0.336 e. The Morgan fingerprint density at radius 3 is 1.58 bits per heavy atom. The second-order valence-electron chi connectivity index (χ2n) is 4.47. The monoisotopic (exact) mass is 254 g/mol. The third-order valence-electron chi connectivity index (χ3n) is 3.39. The smallest absolute Gasteiger partial charge is 0.336 e. The van der Waals surface area contributed by atoms with Gasteiger partial charge in [-0.15, -0.1) is 0 Å². The lowest BCUT2D eigenvalue weighted by Gasteiger charge is -2.08. The Hall–Kier alpha value is -2.62. The normalized spacial score (nSPS) is 11.8. The van der Waals surface area contributed by atoms with Gasteiger partial charge in [-0.05, 0) is 29.7 Å². The summed E-state index contributed by atoms with van der Waals surface area (Å²) in [6.07, 6.45) is 0.576. The van der Waals surface area contributed by atoms with Gasteiger partial charge in [0, 0.05) is 11.1 Å². The summed E-state index contributed by atoms with van der Waals surface area (Å²) < 4.78 is 0. The van der Waals surface area contributed by atoms with Crippen molar-refractivity contribution in [2.45, 2.75) is 6.42 Å². The summed E-state index contributed by atoms with van der Waals surface area (Å²) in [5.74, 6) is -2.07. The molecule has 0 heterocycles. The largest absolute Gasteiger partial charge is 0.478 e. The lowest BCUT2D eigenvalue weighted by molar-refractivity contribution is 0.0684. The molecule has 2 N–H and O–H groups in total. The third kappa shape index (κ3) is 1.61. The molecule has 0 aromatic heterocycles. The highest BCUT2D eigenvalue weighted by Gasteiger charge is 2.27. The van der Waals surface area contributed by atoms with E-state index in [-0.39, 0.29) is 11.1 Å². The molecule has 0 spiro atoms. The first-order chi connectivity index (χ1) is 9.09. The van der Waals surface area contributed by atoms with Crippen LogP contribution in [0.2, 0.25) is 0 Å². The Morgan fingerprint density at radius 1 is 0.789 bits per heavy atom. The van der Waals surface area contributed by atoms with Crippen molar-refractivity contribution in [3.05, 3.63) is 58.7 Å². The quantitative estimate of drug-likeness (QED) is 0.737. The average molecular weight is 254 g/mol. The summed E-state index contributed by atoms with van der Waals surface area (Å²) in [7, 11) is 0. The van der Waals surface area contributed by atoms with E-state index < -0.39 is 11.9 Å². The van der Waals surface area contributed by atoms with E-state index in [9.17, 15) is 19.8 Å². The molecule has 0 fully saturated rings. The van der Waals surface area contributed by atoms with E-state index in [1.165, 1.54) is 12.1 Å². The summed E-state index contributed by atoms with van der Waals surface area (Å²) in [5, 5.41) is 18.5. The van der Waals surface area contributed by atoms with Crippen LogP contribution in [0.3, 0.4) is 0 Å². The van der Waals surface area contributed by atoms with Gasteiger partial charge in [0.15, 0.2) is 0 Å². The standard InChI is InChI=1S/C15H10O4/c16-14(17)10-5-1-3-8-7-9-4-2-6-11(15(18)19)13(9)12(8)10/h1-6H,7H2,(H,16,17)(H,18,19). The molecule has 0 bridgehead atoms. The van der Waals surface area contributed by atoms with Crippen LogP contribution in [0.4, 0.5) is 0 Å². The third-order valence-corrected chi connectivity index (χ3v) is 3.39. The molecule has 1 aliphatic carbocycles. The molecule has 1 aliphatic rings. The number of aromatic carboxylic acids is 2.